The van der Waals surface area contributed by atoms with Gasteiger partial charge in [-0.15, -0.1) is 0 Å². The molecule has 0 saturated carbocycles. The Labute approximate surface area is 103 Å². The average Bonchev–Trinajstić information content (AvgIpc) is 2.35. The molecule has 0 unspecified atom stereocenters. The molecule has 0 aromatic carbocycles. The molecule has 0 aliphatic heterocycles. The number of ether oxygens (including phenoxy) is 1. The summed E-state index contributed by atoms with van der Waals surface area (Å²) in [6.07, 6.45) is 2.57. The highest BCUT2D eigenvalue weighted by atomic mass is 16.5. The number of nitriles is 1. The first-order valence-corrected chi connectivity index (χ1v) is 5.68. The van der Waals surface area contributed by atoms with Gasteiger partial charge in [0.05, 0.1) is 18.6 Å². The third-order valence-corrected chi connectivity index (χ3v) is 2.57. The Hall–Kier alpha value is -1.60. The van der Waals surface area contributed by atoms with Crippen LogP contribution < -0.4 is 10.1 Å². The lowest BCUT2D eigenvalue weighted by atomic mass is 9.91. The SMILES string of the molecule is COc1cc(CNCCC(C)(C)C#N)ccn1. The molecule has 0 saturated heterocycles. The summed E-state index contributed by atoms with van der Waals surface area (Å²) in [6, 6.07) is 6.14. The first-order valence-electron chi connectivity index (χ1n) is 5.68. The molecular weight excluding hydrogens is 214 g/mol. The van der Waals surface area contributed by atoms with Crippen LogP contribution in [0.3, 0.4) is 0 Å². The Morgan fingerprint density at radius 1 is 1.53 bits per heavy atom. The van der Waals surface area contributed by atoms with E-state index in [2.05, 4.69) is 16.4 Å². The zero-order chi connectivity index (χ0) is 12.7. The zero-order valence-electron chi connectivity index (χ0n) is 10.7. The predicted molar refractivity (Wildman–Crippen MR) is 66.5 cm³/mol. The molecule has 0 radical (unpaired) electrons. The number of aromatic nitrogens is 1. The number of nitrogens with one attached hydrogen (secondary N) is 1. The fourth-order valence-electron chi connectivity index (χ4n) is 1.36. The maximum Gasteiger partial charge on any atom is 0.213 e. The van der Waals surface area contributed by atoms with Gasteiger partial charge in [-0.25, -0.2) is 4.98 Å². The van der Waals surface area contributed by atoms with Crippen molar-refractivity contribution in [3.8, 4) is 11.9 Å². The largest absolute Gasteiger partial charge is 0.481 e. The topological polar surface area (TPSA) is 57.9 Å². The van der Waals surface area contributed by atoms with E-state index in [-0.39, 0.29) is 5.41 Å². The molecule has 0 atom stereocenters. The number of rotatable bonds is 6. The highest BCUT2D eigenvalue weighted by Gasteiger charge is 2.15. The van der Waals surface area contributed by atoms with Gasteiger partial charge in [0, 0.05) is 18.8 Å². The molecule has 1 heterocycles. The first kappa shape index (κ1) is 13.5. The number of pyridine rings is 1. The fraction of sp³-hybridized carbons (Fsp3) is 0.538. The molecule has 1 rings (SSSR count). The van der Waals surface area contributed by atoms with Crippen LogP contribution in [0.15, 0.2) is 18.3 Å². The zero-order valence-corrected chi connectivity index (χ0v) is 10.7. The molecule has 0 aliphatic carbocycles. The van der Waals surface area contributed by atoms with Crippen LogP contribution in [0.4, 0.5) is 0 Å². The summed E-state index contributed by atoms with van der Waals surface area (Å²) in [4.78, 5) is 4.05. The molecule has 1 aromatic rings. The first-order chi connectivity index (χ1) is 8.07. The van der Waals surface area contributed by atoms with E-state index in [1.165, 1.54) is 0 Å². The van der Waals surface area contributed by atoms with Crippen LogP contribution in [0.5, 0.6) is 5.88 Å². The second-order valence-electron chi connectivity index (χ2n) is 4.63. The molecule has 0 fully saturated rings. The van der Waals surface area contributed by atoms with E-state index in [0.717, 1.165) is 25.1 Å². The lowest BCUT2D eigenvalue weighted by molar-refractivity contribution is 0.396. The van der Waals surface area contributed by atoms with Gasteiger partial charge in [0.15, 0.2) is 0 Å². The Morgan fingerprint density at radius 2 is 2.29 bits per heavy atom. The summed E-state index contributed by atoms with van der Waals surface area (Å²) in [7, 11) is 1.61. The van der Waals surface area contributed by atoms with Gasteiger partial charge in [-0.05, 0) is 38.4 Å². The lowest BCUT2D eigenvalue weighted by Gasteiger charge is -2.15. The van der Waals surface area contributed by atoms with E-state index in [1.54, 1.807) is 13.3 Å². The van der Waals surface area contributed by atoms with Gasteiger partial charge in [-0.2, -0.15) is 5.26 Å². The molecule has 0 aliphatic rings. The Bertz CT molecular complexity index is 396. The second kappa shape index (κ2) is 6.21. The standard InChI is InChI=1S/C13H19N3O/c1-13(2,10-14)5-7-15-9-11-4-6-16-12(8-11)17-3/h4,6,8,15H,5,7,9H2,1-3H3. The Balaban J connectivity index is 2.34. The number of hydrogen-bond acceptors (Lipinski definition) is 4. The van der Waals surface area contributed by atoms with Crippen LogP contribution in [0.1, 0.15) is 25.8 Å². The monoisotopic (exact) mass is 233 g/mol. The van der Waals surface area contributed by atoms with Crippen molar-refractivity contribution in [2.24, 2.45) is 5.41 Å². The molecular formula is C13H19N3O. The number of hydrogen-bond donors (Lipinski definition) is 1. The van der Waals surface area contributed by atoms with E-state index in [4.69, 9.17) is 10.00 Å². The molecule has 1 N–H and O–H groups in total. The smallest absolute Gasteiger partial charge is 0.213 e. The van der Waals surface area contributed by atoms with E-state index in [9.17, 15) is 0 Å². The average molecular weight is 233 g/mol. The third kappa shape index (κ3) is 4.83. The van der Waals surface area contributed by atoms with E-state index in [1.807, 2.05) is 26.0 Å². The van der Waals surface area contributed by atoms with E-state index in [0.29, 0.717) is 5.88 Å². The van der Waals surface area contributed by atoms with Gasteiger partial charge in [0.25, 0.3) is 0 Å². The Morgan fingerprint density at radius 3 is 2.94 bits per heavy atom. The van der Waals surface area contributed by atoms with Crippen molar-refractivity contribution in [2.75, 3.05) is 13.7 Å². The summed E-state index contributed by atoms with van der Waals surface area (Å²) < 4.78 is 5.05. The molecule has 4 heteroatoms. The molecule has 4 nitrogen and oxygen atoms in total. The predicted octanol–water partition coefficient (Wildman–Crippen LogP) is 2.12. The maximum absolute atomic E-state index is 8.88. The van der Waals surface area contributed by atoms with E-state index >= 15 is 0 Å². The molecule has 1 aromatic heterocycles. The lowest BCUT2D eigenvalue weighted by Crippen LogP contribution is -2.21. The van der Waals surface area contributed by atoms with Crippen LogP contribution in [-0.2, 0) is 6.54 Å². The van der Waals surface area contributed by atoms with Gasteiger partial charge >= 0.3 is 0 Å². The van der Waals surface area contributed by atoms with Crippen molar-refractivity contribution in [1.29, 1.82) is 5.26 Å². The summed E-state index contributed by atoms with van der Waals surface area (Å²) in [5.41, 5.74) is 0.870. The quantitative estimate of drug-likeness (QED) is 0.765. The maximum atomic E-state index is 8.88. The third-order valence-electron chi connectivity index (χ3n) is 2.57. The summed E-state index contributed by atoms with van der Waals surface area (Å²) in [5, 5.41) is 12.2. The highest BCUT2D eigenvalue weighted by Crippen LogP contribution is 2.17. The van der Waals surface area contributed by atoms with Gasteiger partial charge < -0.3 is 10.1 Å². The van der Waals surface area contributed by atoms with Crippen LogP contribution in [-0.4, -0.2) is 18.6 Å². The van der Waals surface area contributed by atoms with Crippen LogP contribution in [0.2, 0.25) is 0 Å². The molecule has 0 amide bonds. The molecule has 0 spiro atoms. The van der Waals surface area contributed by atoms with Gasteiger partial charge in [0.2, 0.25) is 5.88 Å². The minimum atomic E-state index is -0.261. The molecule has 17 heavy (non-hydrogen) atoms. The number of nitrogens with zero attached hydrogens (tertiary/aromatic N) is 2. The van der Waals surface area contributed by atoms with Gasteiger partial charge in [-0.1, -0.05) is 0 Å². The Kier molecular flexibility index (Phi) is 4.92. The van der Waals surface area contributed by atoms with Gasteiger partial charge in [-0.3, -0.25) is 0 Å². The number of methoxy groups -OCH3 is 1. The van der Waals surface area contributed by atoms with Crippen molar-refractivity contribution in [1.82, 2.24) is 10.3 Å². The van der Waals surface area contributed by atoms with Crippen LogP contribution in [0, 0.1) is 16.7 Å². The normalized spacial score (nSPS) is 10.9. The summed E-state index contributed by atoms with van der Waals surface area (Å²) in [6.45, 7) is 5.49. The summed E-state index contributed by atoms with van der Waals surface area (Å²) >= 11 is 0. The van der Waals surface area contributed by atoms with Crippen LogP contribution in [0.25, 0.3) is 0 Å². The van der Waals surface area contributed by atoms with Crippen molar-refractivity contribution < 1.29 is 4.74 Å². The summed E-state index contributed by atoms with van der Waals surface area (Å²) in [5.74, 6) is 0.627. The van der Waals surface area contributed by atoms with Crippen molar-refractivity contribution in [2.45, 2.75) is 26.8 Å². The van der Waals surface area contributed by atoms with Crippen molar-refractivity contribution in [3.05, 3.63) is 23.9 Å². The van der Waals surface area contributed by atoms with Crippen LogP contribution >= 0.6 is 0 Å². The van der Waals surface area contributed by atoms with Crippen molar-refractivity contribution in [3.63, 3.8) is 0 Å². The minimum Gasteiger partial charge on any atom is -0.481 e. The second-order valence-corrected chi connectivity index (χ2v) is 4.63. The van der Waals surface area contributed by atoms with E-state index < -0.39 is 0 Å². The highest BCUT2D eigenvalue weighted by molar-refractivity contribution is 5.20. The van der Waals surface area contributed by atoms with Crippen molar-refractivity contribution >= 4 is 0 Å². The van der Waals surface area contributed by atoms with Gasteiger partial charge in [0.1, 0.15) is 0 Å². The minimum absolute atomic E-state index is 0.261. The fourth-order valence-corrected chi connectivity index (χ4v) is 1.36. The molecule has 92 valence electrons. The molecule has 0 bridgehead atoms.